The van der Waals surface area contributed by atoms with E-state index in [4.69, 9.17) is 16.3 Å². The number of halogens is 1. The molecule has 112 valence electrons. The summed E-state index contributed by atoms with van der Waals surface area (Å²) in [5.74, 6) is 0. The maximum Gasteiger partial charge on any atom is 0.0802 e. The summed E-state index contributed by atoms with van der Waals surface area (Å²) >= 11 is 5.96. The Hall–Kier alpha value is -0.610. The van der Waals surface area contributed by atoms with Crippen LogP contribution in [0, 0.1) is 0 Å². The second-order valence-electron chi connectivity index (χ2n) is 5.56. The van der Waals surface area contributed by atoms with Crippen LogP contribution in [0.2, 0.25) is 5.02 Å². The zero-order valence-electron chi connectivity index (χ0n) is 12.3. The average Bonchev–Trinajstić information content (AvgIpc) is 2.45. The third-order valence-corrected chi connectivity index (χ3v) is 4.21. The predicted molar refractivity (Wildman–Crippen MR) is 82.1 cm³/mol. The van der Waals surface area contributed by atoms with Crippen molar-refractivity contribution in [3.63, 3.8) is 0 Å². The lowest BCUT2D eigenvalue weighted by atomic mass is 10.0. The van der Waals surface area contributed by atoms with Crippen LogP contribution in [0.3, 0.4) is 0 Å². The minimum absolute atomic E-state index is 0.279. The molecule has 1 fully saturated rings. The second kappa shape index (κ2) is 7.41. The molecule has 0 bridgehead atoms. The molecule has 3 atom stereocenters. The summed E-state index contributed by atoms with van der Waals surface area (Å²) in [5.41, 5.74) is 0.895. The summed E-state index contributed by atoms with van der Waals surface area (Å²) in [4.78, 5) is 2.43. The fraction of sp³-hybridized carbons (Fsp3) is 0.625. The average molecular weight is 298 g/mol. The number of hydrogen-bond acceptors (Lipinski definition) is 3. The smallest absolute Gasteiger partial charge is 0.0802 e. The molecule has 3 nitrogen and oxygen atoms in total. The van der Waals surface area contributed by atoms with Crippen LogP contribution in [-0.4, -0.2) is 41.8 Å². The third-order valence-electron chi connectivity index (χ3n) is 3.98. The molecule has 0 radical (unpaired) electrons. The molecular weight excluding hydrogens is 274 g/mol. The summed E-state index contributed by atoms with van der Waals surface area (Å²) in [6.07, 6.45) is 1.63. The fourth-order valence-corrected chi connectivity index (χ4v) is 2.93. The van der Waals surface area contributed by atoms with Crippen molar-refractivity contribution in [2.45, 2.75) is 44.9 Å². The lowest BCUT2D eigenvalue weighted by Gasteiger charge is -2.38. The first-order valence-electron chi connectivity index (χ1n) is 7.39. The van der Waals surface area contributed by atoms with Crippen LogP contribution in [0.1, 0.15) is 38.4 Å². The molecule has 1 heterocycles. The van der Waals surface area contributed by atoms with Crippen LogP contribution >= 0.6 is 11.6 Å². The lowest BCUT2D eigenvalue weighted by Crippen LogP contribution is -2.48. The van der Waals surface area contributed by atoms with Crippen molar-refractivity contribution in [1.29, 1.82) is 0 Å². The first kappa shape index (κ1) is 15.8. The standard InChI is InChI=1S/C16H24ClNO2/c1-3-15-11-20-12(2)10-18(15)8-7-16(19)13-5-4-6-14(17)9-13/h4-6,9,12,15-16,19H,3,7-8,10-11H2,1-2H3. The van der Waals surface area contributed by atoms with Crippen molar-refractivity contribution < 1.29 is 9.84 Å². The number of ether oxygens (including phenoxy) is 1. The summed E-state index contributed by atoms with van der Waals surface area (Å²) in [7, 11) is 0. The Morgan fingerprint density at radius 1 is 1.50 bits per heavy atom. The van der Waals surface area contributed by atoms with E-state index in [1.807, 2.05) is 24.3 Å². The van der Waals surface area contributed by atoms with Gasteiger partial charge in [0.1, 0.15) is 0 Å². The van der Waals surface area contributed by atoms with Gasteiger partial charge in [0.05, 0.1) is 18.8 Å². The van der Waals surface area contributed by atoms with Gasteiger partial charge in [-0.2, -0.15) is 0 Å². The van der Waals surface area contributed by atoms with E-state index in [-0.39, 0.29) is 6.10 Å². The van der Waals surface area contributed by atoms with Gasteiger partial charge >= 0.3 is 0 Å². The molecular formula is C16H24ClNO2. The highest BCUT2D eigenvalue weighted by atomic mass is 35.5. The topological polar surface area (TPSA) is 32.7 Å². The van der Waals surface area contributed by atoms with Gasteiger partial charge < -0.3 is 9.84 Å². The van der Waals surface area contributed by atoms with Crippen molar-refractivity contribution >= 4 is 11.6 Å². The van der Waals surface area contributed by atoms with Gasteiger partial charge in [-0.1, -0.05) is 30.7 Å². The van der Waals surface area contributed by atoms with Crippen LogP contribution in [0.25, 0.3) is 0 Å². The molecule has 0 spiro atoms. The van der Waals surface area contributed by atoms with E-state index in [1.165, 1.54) is 0 Å². The zero-order chi connectivity index (χ0) is 14.5. The minimum atomic E-state index is -0.454. The van der Waals surface area contributed by atoms with Crippen LogP contribution in [0.5, 0.6) is 0 Å². The predicted octanol–water partition coefficient (Wildman–Crippen LogP) is 3.26. The van der Waals surface area contributed by atoms with Gasteiger partial charge in [0, 0.05) is 24.2 Å². The maximum absolute atomic E-state index is 10.3. The molecule has 1 N–H and O–H groups in total. The molecule has 0 amide bonds. The highest BCUT2D eigenvalue weighted by molar-refractivity contribution is 6.30. The Bertz CT molecular complexity index is 427. The highest BCUT2D eigenvalue weighted by Gasteiger charge is 2.25. The van der Waals surface area contributed by atoms with E-state index in [2.05, 4.69) is 18.7 Å². The van der Waals surface area contributed by atoms with Gasteiger partial charge in [-0.15, -0.1) is 0 Å². The molecule has 20 heavy (non-hydrogen) atoms. The first-order chi connectivity index (χ1) is 9.60. The molecule has 1 saturated heterocycles. The van der Waals surface area contributed by atoms with E-state index < -0.39 is 6.10 Å². The van der Waals surface area contributed by atoms with Crippen molar-refractivity contribution in [2.75, 3.05) is 19.7 Å². The Morgan fingerprint density at radius 3 is 3.00 bits per heavy atom. The van der Waals surface area contributed by atoms with E-state index in [0.717, 1.165) is 38.1 Å². The molecule has 0 aliphatic carbocycles. The molecule has 2 rings (SSSR count). The van der Waals surface area contributed by atoms with Crippen molar-refractivity contribution in [2.24, 2.45) is 0 Å². The molecule has 1 aliphatic heterocycles. The summed E-state index contributed by atoms with van der Waals surface area (Å²) in [6, 6.07) is 7.94. The Balaban J connectivity index is 1.90. The zero-order valence-corrected chi connectivity index (χ0v) is 13.0. The largest absolute Gasteiger partial charge is 0.388 e. The third kappa shape index (κ3) is 4.19. The van der Waals surface area contributed by atoms with Gasteiger partial charge in [-0.25, -0.2) is 0 Å². The molecule has 1 aromatic rings. The van der Waals surface area contributed by atoms with Gasteiger partial charge in [-0.05, 0) is 37.5 Å². The highest BCUT2D eigenvalue weighted by Crippen LogP contribution is 2.22. The second-order valence-corrected chi connectivity index (χ2v) is 6.00. The van der Waals surface area contributed by atoms with Gasteiger partial charge in [-0.3, -0.25) is 4.90 Å². The van der Waals surface area contributed by atoms with Gasteiger partial charge in [0.2, 0.25) is 0 Å². The van der Waals surface area contributed by atoms with Crippen LogP contribution in [-0.2, 0) is 4.74 Å². The fourth-order valence-electron chi connectivity index (χ4n) is 2.73. The minimum Gasteiger partial charge on any atom is -0.388 e. The normalized spacial score (nSPS) is 25.6. The molecule has 1 aliphatic rings. The SMILES string of the molecule is CCC1COC(C)CN1CCC(O)c1cccc(Cl)c1. The van der Waals surface area contributed by atoms with E-state index in [0.29, 0.717) is 11.1 Å². The van der Waals surface area contributed by atoms with Crippen molar-refractivity contribution in [3.05, 3.63) is 34.9 Å². The summed E-state index contributed by atoms with van der Waals surface area (Å²) < 4.78 is 5.70. The van der Waals surface area contributed by atoms with Crippen molar-refractivity contribution in [1.82, 2.24) is 4.90 Å². The molecule has 0 saturated carbocycles. The van der Waals surface area contributed by atoms with Gasteiger partial charge in [0.25, 0.3) is 0 Å². The molecule has 4 heteroatoms. The number of benzene rings is 1. The molecule has 3 unspecified atom stereocenters. The number of rotatable bonds is 5. The summed E-state index contributed by atoms with van der Waals surface area (Å²) in [6.45, 7) is 6.92. The van der Waals surface area contributed by atoms with Crippen LogP contribution < -0.4 is 0 Å². The number of morpholine rings is 1. The van der Waals surface area contributed by atoms with Gasteiger partial charge in [0.15, 0.2) is 0 Å². The molecule has 0 aromatic heterocycles. The Labute approximate surface area is 126 Å². The Kier molecular flexibility index (Phi) is 5.85. The number of hydrogen-bond donors (Lipinski definition) is 1. The maximum atomic E-state index is 10.3. The summed E-state index contributed by atoms with van der Waals surface area (Å²) in [5, 5.41) is 11.0. The number of nitrogens with zero attached hydrogens (tertiary/aromatic N) is 1. The Morgan fingerprint density at radius 2 is 2.30 bits per heavy atom. The quantitative estimate of drug-likeness (QED) is 0.905. The lowest BCUT2D eigenvalue weighted by molar-refractivity contribution is -0.0591. The number of aliphatic hydroxyl groups is 1. The van der Waals surface area contributed by atoms with Crippen LogP contribution in [0.4, 0.5) is 0 Å². The van der Waals surface area contributed by atoms with Crippen LogP contribution in [0.15, 0.2) is 24.3 Å². The van der Waals surface area contributed by atoms with Crippen molar-refractivity contribution in [3.8, 4) is 0 Å². The van der Waals surface area contributed by atoms with E-state index >= 15 is 0 Å². The monoisotopic (exact) mass is 297 g/mol. The first-order valence-corrected chi connectivity index (χ1v) is 7.77. The van der Waals surface area contributed by atoms with E-state index in [1.54, 1.807) is 0 Å². The molecule has 1 aromatic carbocycles. The number of aliphatic hydroxyl groups excluding tert-OH is 1. The van der Waals surface area contributed by atoms with E-state index in [9.17, 15) is 5.11 Å².